The summed E-state index contributed by atoms with van der Waals surface area (Å²) in [6, 6.07) is 6.42. The number of fused-ring (bicyclic) bond motifs is 1. The number of sulfonamides is 1. The van der Waals surface area contributed by atoms with Gasteiger partial charge in [-0.05, 0) is 56.9 Å². The summed E-state index contributed by atoms with van der Waals surface area (Å²) in [6.07, 6.45) is 4.37. The number of hydrogen-bond acceptors (Lipinski definition) is 6. The van der Waals surface area contributed by atoms with Crippen molar-refractivity contribution in [3.63, 3.8) is 0 Å². The molecule has 1 amide bonds. The Labute approximate surface area is 206 Å². The molecule has 0 bridgehead atoms. The maximum atomic E-state index is 13.5. The van der Waals surface area contributed by atoms with Gasteiger partial charge in [-0.1, -0.05) is 20.3 Å². The molecular formula is C25H33N5O4S. The fourth-order valence-corrected chi connectivity index (χ4v) is 5.83. The fraction of sp³-hybridized carbons (Fsp3) is 0.480. The number of pyridine rings is 1. The second-order valence-electron chi connectivity index (χ2n) is 9.45. The Morgan fingerprint density at radius 1 is 1.09 bits per heavy atom. The molecule has 1 N–H and O–H groups in total. The van der Waals surface area contributed by atoms with E-state index in [4.69, 9.17) is 9.72 Å². The molecular weight excluding hydrogens is 466 g/mol. The molecule has 3 aromatic rings. The van der Waals surface area contributed by atoms with Gasteiger partial charge in [0.05, 0.1) is 34.8 Å². The smallest absolute Gasteiger partial charge is 0.256 e. The second-order valence-corrected chi connectivity index (χ2v) is 11.4. The number of nitrogens with zero attached hydrogens (tertiary/aromatic N) is 4. The molecule has 0 saturated carbocycles. The Balaban J connectivity index is 1.74. The Morgan fingerprint density at radius 3 is 2.43 bits per heavy atom. The standard InChI is InChI=1S/C25H33N5O4S/c1-16(2)21-14-19(20-15-26-30(17(3)4)24(20)27-21)25(31)28-22-13-18(9-10-23(22)34-5)35(32,33)29-11-7-6-8-12-29/h9-10,13-17H,6-8,11-12H2,1-5H3,(H,28,31). The predicted octanol–water partition coefficient (Wildman–Crippen LogP) is 4.57. The van der Waals surface area contributed by atoms with Gasteiger partial charge in [-0.25, -0.2) is 18.1 Å². The highest BCUT2D eigenvalue weighted by Gasteiger charge is 2.27. The molecule has 1 saturated heterocycles. The number of carbonyl (C=O) groups excluding carboxylic acids is 1. The van der Waals surface area contributed by atoms with Crippen molar-refractivity contribution in [1.29, 1.82) is 0 Å². The number of aromatic nitrogens is 3. The quantitative estimate of drug-likeness (QED) is 0.510. The maximum absolute atomic E-state index is 13.5. The minimum Gasteiger partial charge on any atom is -0.495 e. The van der Waals surface area contributed by atoms with Crippen LogP contribution in [0.4, 0.5) is 5.69 Å². The number of carbonyl (C=O) groups is 1. The summed E-state index contributed by atoms with van der Waals surface area (Å²) in [5.41, 5.74) is 2.14. The highest BCUT2D eigenvalue weighted by Crippen LogP contribution is 2.31. The number of amides is 1. The van der Waals surface area contributed by atoms with Crippen LogP contribution in [0, 0.1) is 0 Å². The van der Waals surface area contributed by atoms with Gasteiger partial charge in [0.15, 0.2) is 5.65 Å². The minimum absolute atomic E-state index is 0.0788. The topological polar surface area (TPSA) is 106 Å². The van der Waals surface area contributed by atoms with Gasteiger partial charge in [0.25, 0.3) is 5.91 Å². The third-order valence-corrected chi connectivity index (χ3v) is 8.18. The van der Waals surface area contributed by atoms with Gasteiger partial charge < -0.3 is 10.1 Å². The van der Waals surface area contributed by atoms with E-state index in [1.165, 1.54) is 23.5 Å². The predicted molar refractivity (Wildman–Crippen MR) is 136 cm³/mol. The van der Waals surface area contributed by atoms with E-state index in [0.29, 0.717) is 41.1 Å². The molecule has 35 heavy (non-hydrogen) atoms. The van der Waals surface area contributed by atoms with E-state index in [1.54, 1.807) is 23.0 Å². The van der Waals surface area contributed by atoms with Crippen LogP contribution in [-0.2, 0) is 10.0 Å². The first-order valence-electron chi connectivity index (χ1n) is 12.0. The van der Waals surface area contributed by atoms with Crippen LogP contribution in [0.15, 0.2) is 35.4 Å². The van der Waals surface area contributed by atoms with E-state index >= 15 is 0 Å². The number of ether oxygens (including phenoxy) is 1. The molecule has 188 valence electrons. The van der Waals surface area contributed by atoms with E-state index in [2.05, 4.69) is 10.4 Å². The number of hydrogen-bond donors (Lipinski definition) is 1. The summed E-state index contributed by atoms with van der Waals surface area (Å²) in [4.78, 5) is 18.4. The Bertz CT molecular complexity index is 1340. The highest BCUT2D eigenvalue weighted by molar-refractivity contribution is 7.89. The third kappa shape index (κ3) is 4.90. The molecule has 0 spiro atoms. The van der Waals surface area contributed by atoms with Crippen molar-refractivity contribution < 1.29 is 17.9 Å². The van der Waals surface area contributed by atoms with E-state index in [0.717, 1.165) is 25.0 Å². The Hall–Kier alpha value is -2.98. The van der Waals surface area contributed by atoms with Crippen LogP contribution in [0.25, 0.3) is 11.0 Å². The summed E-state index contributed by atoms with van der Waals surface area (Å²) in [7, 11) is -2.18. The average Bonchev–Trinajstić information content (AvgIpc) is 3.28. The molecule has 10 heteroatoms. The van der Waals surface area contributed by atoms with Gasteiger partial charge in [-0.2, -0.15) is 9.40 Å². The first kappa shape index (κ1) is 25.1. The van der Waals surface area contributed by atoms with E-state index in [1.807, 2.05) is 27.7 Å². The second kappa shape index (κ2) is 9.94. The van der Waals surface area contributed by atoms with E-state index in [9.17, 15) is 13.2 Å². The van der Waals surface area contributed by atoms with Gasteiger partial charge in [0.2, 0.25) is 10.0 Å². The molecule has 0 aliphatic carbocycles. The molecule has 0 radical (unpaired) electrons. The van der Waals surface area contributed by atoms with Crippen LogP contribution in [0.1, 0.15) is 75.0 Å². The highest BCUT2D eigenvalue weighted by atomic mass is 32.2. The lowest BCUT2D eigenvalue weighted by atomic mass is 10.0. The van der Waals surface area contributed by atoms with Crippen molar-refractivity contribution in [3.8, 4) is 5.75 Å². The Kier molecular flexibility index (Phi) is 7.14. The number of rotatable bonds is 7. The van der Waals surface area contributed by atoms with Crippen LogP contribution >= 0.6 is 0 Å². The van der Waals surface area contributed by atoms with Gasteiger partial charge in [-0.3, -0.25) is 4.79 Å². The van der Waals surface area contributed by atoms with Crippen molar-refractivity contribution in [2.24, 2.45) is 0 Å². The summed E-state index contributed by atoms with van der Waals surface area (Å²) < 4.78 is 35.1. The molecule has 1 aliphatic heterocycles. The number of piperidine rings is 1. The molecule has 1 fully saturated rings. The maximum Gasteiger partial charge on any atom is 0.256 e. The van der Waals surface area contributed by atoms with Gasteiger partial charge >= 0.3 is 0 Å². The molecule has 4 rings (SSSR count). The zero-order valence-corrected chi connectivity index (χ0v) is 21.7. The van der Waals surface area contributed by atoms with Crippen LogP contribution in [0.3, 0.4) is 0 Å². The van der Waals surface area contributed by atoms with Crippen LogP contribution in [0.2, 0.25) is 0 Å². The van der Waals surface area contributed by atoms with Crippen LogP contribution in [-0.4, -0.2) is 53.6 Å². The number of methoxy groups -OCH3 is 1. The summed E-state index contributed by atoms with van der Waals surface area (Å²) in [5, 5.41) is 7.96. The van der Waals surface area contributed by atoms with Crippen LogP contribution < -0.4 is 10.1 Å². The van der Waals surface area contributed by atoms with Crippen molar-refractivity contribution in [3.05, 3.63) is 41.7 Å². The third-order valence-electron chi connectivity index (χ3n) is 6.28. The molecule has 9 nitrogen and oxygen atoms in total. The van der Waals surface area contributed by atoms with Crippen molar-refractivity contribution in [2.75, 3.05) is 25.5 Å². The summed E-state index contributed by atoms with van der Waals surface area (Å²) in [5.74, 6) is 0.102. The Morgan fingerprint density at radius 2 is 1.80 bits per heavy atom. The van der Waals surface area contributed by atoms with Crippen molar-refractivity contribution in [1.82, 2.24) is 19.1 Å². The molecule has 3 heterocycles. The zero-order chi connectivity index (χ0) is 25.3. The van der Waals surface area contributed by atoms with Gasteiger partial charge in [0.1, 0.15) is 5.75 Å². The minimum atomic E-state index is -3.67. The summed E-state index contributed by atoms with van der Waals surface area (Å²) in [6.45, 7) is 9.06. The lowest BCUT2D eigenvalue weighted by Crippen LogP contribution is -2.35. The zero-order valence-electron chi connectivity index (χ0n) is 20.9. The molecule has 2 aromatic heterocycles. The molecule has 0 unspecified atom stereocenters. The van der Waals surface area contributed by atoms with Gasteiger partial charge in [0, 0.05) is 24.8 Å². The fourth-order valence-electron chi connectivity index (χ4n) is 4.29. The average molecular weight is 500 g/mol. The monoisotopic (exact) mass is 499 g/mol. The first-order chi connectivity index (χ1) is 16.6. The number of benzene rings is 1. The lowest BCUT2D eigenvalue weighted by Gasteiger charge is -2.26. The normalized spacial score (nSPS) is 15.2. The van der Waals surface area contributed by atoms with E-state index < -0.39 is 10.0 Å². The van der Waals surface area contributed by atoms with Crippen molar-refractivity contribution in [2.45, 2.75) is 63.8 Å². The number of nitrogens with one attached hydrogen (secondary N) is 1. The molecule has 1 aliphatic rings. The first-order valence-corrected chi connectivity index (χ1v) is 13.4. The number of anilines is 1. The summed E-state index contributed by atoms with van der Waals surface area (Å²) >= 11 is 0. The SMILES string of the molecule is COc1ccc(S(=O)(=O)N2CCCCC2)cc1NC(=O)c1cc(C(C)C)nc2c1cnn2C(C)C. The van der Waals surface area contributed by atoms with Gasteiger partial charge in [-0.15, -0.1) is 0 Å². The van der Waals surface area contributed by atoms with E-state index in [-0.39, 0.29) is 22.8 Å². The van der Waals surface area contributed by atoms with Crippen molar-refractivity contribution >= 4 is 32.7 Å². The van der Waals surface area contributed by atoms with Crippen LogP contribution in [0.5, 0.6) is 5.75 Å². The molecule has 0 atom stereocenters. The lowest BCUT2D eigenvalue weighted by molar-refractivity contribution is 0.102. The molecule has 1 aromatic carbocycles. The largest absolute Gasteiger partial charge is 0.495 e.